The SMILES string of the molecule is CCOCCCCNC(=NC)NCC(NC(=O)OC(C)(C)C)C(C)C.I. The molecular formula is C18H39IN4O3. The van der Waals surface area contributed by atoms with Gasteiger partial charge in [-0.1, -0.05) is 13.8 Å². The van der Waals surface area contributed by atoms with E-state index >= 15 is 0 Å². The van der Waals surface area contributed by atoms with Gasteiger partial charge in [0.15, 0.2) is 5.96 Å². The van der Waals surface area contributed by atoms with Crippen molar-refractivity contribution in [3.63, 3.8) is 0 Å². The molecule has 0 aromatic heterocycles. The summed E-state index contributed by atoms with van der Waals surface area (Å²) >= 11 is 0. The molecule has 0 aliphatic carbocycles. The Bertz CT molecular complexity index is 398. The summed E-state index contributed by atoms with van der Waals surface area (Å²) in [6, 6.07) is -0.0497. The van der Waals surface area contributed by atoms with Crippen molar-refractivity contribution < 1.29 is 14.3 Å². The van der Waals surface area contributed by atoms with E-state index in [1.807, 2.05) is 27.7 Å². The maximum absolute atomic E-state index is 12.0. The van der Waals surface area contributed by atoms with Gasteiger partial charge in [-0.3, -0.25) is 4.99 Å². The van der Waals surface area contributed by atoms with Crippen LogP contribution in [0.1, 0.15) is 54.4 Å². The van der Waals surface area contributed by atoms with Crippen LogP contribution in [0.3, 0.4) is 0 Å². The monoisotopic (exact) mass is 486 g/mol. The highest BCUT2D eigenvalue weighted by molar-refractivity contribution is 14.0. The summed E-state index contributed by atoms with van der Waals surface area (Å²) in [4.78, 5) is 16.2. The third-order valence-electron chi connectivity index (χ3n) is 3.43. The van der Waals surface area contributed by atoms with Gasteiger partial charge in [-0.05, 0) is 46.5 Å². The first kappa shape index (κ1) is 27.4. The number of aliphatic imine (C=N–C) groups is 1. The quantitative estimate of drug-likeness (QED) is 0.191. The maximum atomic E-state index is 12.0. The average molecular weight is 486 g/mol. The Kier molecular flexibility index (Phi) is 16.2. The minimum Gasteiger partial charge on any atom is -0.444 e. The molecule has 0 bridgehead atoms. The van der Waals surface area contributed by atoms with Crippen LogP contribution in [0, 0.1) is 5.92 Å². The number of rotatable bonds is 10. The summed E-state index contributed by atoms with van der Waals surface area (Å²) in [7, 11) is 1.74. The molecule has 8 heteroatoms. The van der Waals surface area contributed by atoms with Crippen molar-refractivity contribution in [3.8, 4) is 0 Å². The van der Waals surface area contributed by atoms with E-state index in [4.69, 9.17) is 9.47 Å². The second-order valence-corrected chi connectivity index (χ2v) is 7.28. The van der Waals surface area contributed by atoms with Crippen molar-refractivity contribution in [2.75, 3.05) is 33.4 Å². The Morgan fingerprint density at radius 2 is 1.81 bits per heavy atom. The van der Waals surface area contributed by atoms with Gasteiger partial charge in [-0.25, -0.2) is 4.79 Å². The number of ether oxygens (including phenoxy) is 2. The zero-order valence-corrected chi connectivity index (χ0v) is 19.8. The zero-order valence-electron chi connectivity index (χ0n) is 17.5. The molecule has 1 atom stereocenters. The van der Waals surface area contributed by atoms with Crippen LogP contribution >= 0.6 is 24.0 Å². The number of nitrogens with one attached hydrogen (secondary N) is 3. The van der Waals surface area contributed by atoms with Crippen LogP contribution in [-0.4, -0.2) is 57.0 Å². The van der Waals surface area contributed by atoms with Gasteiger partial charge in [0, 0.05) is 33.4 Å². The first-order chi connectivity index (χ1) is 11.7. The lowest BCUT2D eigenvalue weighted by atomic mass is 10.0. The Balaban J connectivity index is 0. The third kappa shape index (κ3) is 15.5. The number of alkyl carbamates (subject to hydrolysis) is 1. The Hall–Kier alpha value is -0.770. The smallest absolute Gasteiger partial charge is 0.407 e. The molecule has 1 amide bonds. The molecule has 0 fully saturated rings. The van der Waals surface area contributed by atoms with Gasteiger partial charge >= 0.3 is 6.09 Å². The van der Waals surface area contributed by atoms with E-state index in [2.05, 4.69) is 34.8 Å². The molecule has 7 nitrogen and oxygen atoms in total. The largest absolute Gasteiger partial charge is 0.444 e. The van der Waals surface area contributed by atoms with Gasteiger partial charge in [-0.15, -0.1) is 24.0 Å². The molecule has 0 aliphatic heterocycles. The highest BCUT2D eigenvalue weighted by Gasteiger charge is 2.21. The first-order valence-electron chi connectivity index (χ1n) is 9.21. The molecule has 3 N–H and O–H groups in total. The number of guanidine groups is 1. The van der Waals surface area contributed by atoms with Crippen molar-refractivity contribution in [2.45, 2.75) is 66.0 Å². The van der Waals surface area contributed by atoms with E-state index in [0.29, 0.717) is 6.54 Å². The number of amides is 1. The number of carbonyl (C=O) groups excluding carboxylic acids is 1. The predicted molar refractivity (Wildman–Crippen MR) is 119 cm³/mol. The molecule has 0 saturated heterocycles. The van der Waals surface area contributed by atoms with Crippen LogP contribution in [0.2, 0.25) is 0 Å². The molecule has 0 radical (unpaired) electrons. The molecule has 0 aromatic carbocycles. The van der Waals surface area contributed by atoms with E-state index in [9.17, 15) is 4.79 Å². The van der Waals surface area contributed by atoms with Crippen molar-refractivity contribution in [3.05, 3.63) is 0 Å². The van der Waals surface area contributed by atoms with Crippen molar-refractivity contribution in [1.29, 1.82) is 0 Å². The number of hydrogen-bond donors (Lipinski definition) is 3. The summed E-state index contributed by atoms with van der Waals surface area (Å²) in [5, 5.41) is 9.45. The minimum absolute atomic E-state index is 0. The van der Waals surface area contributed by atoms with Crippen LogP contribution < -0.4 is 16.0 Å². The molecular weight excluding hydrogens is 447 g/mol. The highest BCUT2D eigenvalue weighted by Crippen LogP contribution is 2.08. The zero-order chi connectivity index (χ0) is 19.3. The van der Waals surface area contributed by atoms with E-state index in [1.54, 1.807) is 7.05 Å². The molecule has 156 valence electrons. The Morgan fingerprint density at radius 1 is 1.15 bits per heavy atom. The van der Waals surface area contributed by atoms with E-state index < -0.39 is 11.7 Å². The number of nitrogens with zero attached hydrogens (tertiary/aromatic N) is 1. The topological polar surface area (TPSA) is 84.0 Å². The number of hydrogen-bond acceptors (Lipinski definition) is 4. The normalized spacial score (nSPS) is 13.0. The summed E-state index contributed by atoms with van der Waals surface area (Å²) in [6.07, 6.45) is 1.64. The number of carbonyl (C=O) groups is 1. The van der Waals surface area contributed by atoms with E-state index in [-0.39, 0.29) is 35.9 Å². The lowest BCUT2D eigenvalue weighted by Gasteiger charge is -2.26. The summed E-state index contributed by atoms with van der Waals surface area (Å²) in [5.74, 6) is 0.998. The Labute approximate surface area is 176 Å². The van der Waals surface area contributed by atoms with Gasteiger partial charge in [0.1, 0.15) is 5.60 Å². The number of unbranched alkanes of at least 4 members (excludes halogenated alkanes) is 1. The van der Waals surface area contributed by atoms with E-state index in [0.717, 1.165) is 38.6 Å². The van der Waals surface area contributed by atoms with Crippen LogP contribution in [0.4, 0.5) is 4.79 Å². The van der Waals surface area contributed by atoms with Crippen molar-refractivity contribution in [2.24, 2.45) is 10.9 Å². The summed E-state index contributed by atoms with van der Waals surface area (Å²) in [6.45, 7) is 14.7. The van der Waals surface area contributed by atoms with Gasteiger partial charge in [0.05, 0.1) is 6.04 Å². The lowest BCUT2D eigenvalue weighted by molar-refractivity contribution is 0.0491. The molecule has 0 rings (SSSR count). The van der Waals surface area contributed by atoms with Gasteiger partial charge < -0.3 is 25.4 Å². The van der Waals surface area contributed by atoms with Crippen molar-refractivity contribution >= 4 is 36.0 Å². The fourth-order valence-corrected chi connectivity index (χ4v) is 2.02. The molecule has 0 spiro atoms. The molecule has 0 saturated carbocycles. The fraction of sp³-hybridized carbons (Fsp3) is 0.889. The standard InChI is InChI=1S/C18H38N4O3.HI/c1-8-24-12-10-9-11-20-16(19-7)21-13-15(14(2)3)22-17(23)25-18(4,5)6;/h14-15H,8-13H2,1-7H3,(H,22,23)(H2,19,20,21);1H. The van der Waals surface area contributed by atoms with Gasteiger partial charge in [0.25, 0.3) is 0 Å². The third-order valence-corrected chi connectivity index (χ3v) is 3.43. The average Bonchev–Trinajstić information content (AvgIpc) is 2.50. The highest BCUT2D eigenvalue weighted by atomic mass is 127. The molecule has 0 aromatic rings. The van der Waals surface area contributed by atoms with E-state index in [1.165, 1.54) is 0 Å². The maximum Gasteiger partial charge on any atom is 0.407 e. The second kappa shape index (κ2) is 15.3. The minimum atomic E-state index is -0.502. The number of halogens is 1. The Morgan fingerprint density at radius 3 is 2.31 bits per heavy atom. The molecule has 0 aliphatic rings. The second-order valence-electron chi connectivity index (χ2n) is 7.28. The van der Waals surface area contributed by atoms with Crippen LogP contribution in [0.15, 0.2) is 4.99 Å². The van der Waals surface area contributed by atoms with Crippen molar-refractivity contribution in [1.82, 2.24) is 16.0 Å². The van der Waals surface area contributed by atoms with Crippen LogP contribution in [0.5, 0.6) is 0 Å². The molecule has 1 unspecified atom stereocenters. The lowest BCUT2D eigenvalue weighted by Crippen LogP contribution is -2.50. The molecule has 26 heavy (non-hydrogen) atoms. The summed E-state index contributed by atoms with van der Waals surface area (Å²) in [5.41, 5.74) is -0.502. The fourth-order valence-electron chi connectivity index (χ4n) is 2.02. The first-order valence-corrected chi connectivity index (χ1v) is 9.21. The van der Waals surface area contributed by atoms with Crippen LogP contribution in [-0.2, 0) is 9.47 Å². The molecule has 0 heterocycles. The van der Waals surface area contributed by atoms with Gasteiger partial charge in [-0.2, -0.15) is 0 Å². The van der Waals surface area contributed by atoms with Crippen LogP contribution in [0.25, 0.3) is 0 Å². The summed E-state index contributed by atoms with van der Waals surface area (Å²) < 4.78 is 10.6. The van der Waals surface area contributed by atoms with Gasteiger partial charge in [0.2, 0.25) is 0 Å². The predicted octanol–water partition coefficient (Wildman–Crippen LogP) is 3.14.